The highest BCUT2D eigenvalue weighted by Gasteiger charge is 2.33. The van der Waals surface area contributed by atoms with Gasteiger partial charge in [0.25, 0.3) is 5.91 Å². The molecule has 3 rings (SSSR count). The average Bonchev–Trinajstić information content (AvgIpc) is 3.15. The Kier molecular flexibility index (Phi) is 6.13. The van der Waals surface area contributed by atoms with E-state index in [-0.39, 0.29) is 11.9 Å². The van der Waals surface area contributed by atoms with Crippen molar-refractivity contribution < 1.29 is 19.1 Å². The second-order valence-corrected chi connectivity index (χ2v) is 7.12. The smallest absolute Gasteiger partial charge is 0.330 e. The first kappa shape index (κ1) is 19.4. The Balaban J connectivity index is 1.56. The molecule has 1 aliphatic heterocycles. The summed E-state index contributed by atoms with van der Waals surface area (Å²) in [4.78, 5) is 36.3. The largest absolute Gasteiger partial charge is 0.392 e. The Morgan fingerprint density at radius 2 is 1.96 bits per heavy atom. The summed E-state index contributed by atoms with van der Waals surface area (Å²) in [6, 6.07) is 12.5. The van der Waals surface area contributed by atoms with Crippen LogP contribution in [-0.4, -0.2) is 42.2 Å². The molecule has 1 saturated heterocycles. The third-order valence-electron chi connectivity index (χ3n) is 4.64. The summed E-state index contributed by atoms with van der Waals surface area (Å²) in [7, 11) is 0. The molecule has 0 saturated carbocycles. The fraction of sp³-hybridized carbons (Fsp3) is 0.350. The Bertz CT molecular complexity index is 870. The van der Waals surface area contributed by atoms with Gasteiger partial charge in [-0.05, 0) is 29.3 Å². The molecule has 0 spiro atoms. The minimum Gasteiger partial charge on any atom is -0.392 e. The van der Waals surface area contributed by atoms with Crippen LogP contribution in [-0.2, 0) is 14.3 Å². The van der Waals surface area contributed by atoms with Crippen LogP contribution in [0.1, 0.15) is 23.7 Å². The van der Waals surface area contributed by atoms with Gasteiger partial charge in [-0.15, -0.1) is 0 Å². The topological polar surface area (TPSA) is 84.5 Å². The van der Waals surface area contributed by atoms with E-state index in [1.54, 1.807) is 13.0 Å². The maximum Gasteiger partial charge on any atom is 0.330 e. The Labute approximate surface area is 163 Å². The van der Waals surface area contributed by atoms with Crippen molar-refractivity contribution in [3.63, 3.8) is 0 Å². The molecular weight excluding hydrogens is 364 g/mol. The summed E-state index contributed by atoms with van der Waals surface area (Å²) in [5.74, 6) is -1.52. The summed E-state index contributed by atoms with van der Waals surface area (Å²) in [6.45, 7) is 2.09. The minimum atomic E-state index is -0.615. The van der Waals surface area contributed by atoms with Crippen LogP contribution in [0.5, 0.6) is 0 Å². The molecule has 1 aliphatic rings. The zero-order valence-corrected chi connectivity index (χ0v) is 15.9. The maximum atomic E-state index is 12.5. The van der Waals surface area contributed by atoms with Gasteiger partial charge in [-0.25, -0.2) is 4.79 Å². The molecule has 142 valence electrons. The number of benzene rings is 2. The van der Waals surface area contributed by atoms with Gasteiger partial charge < -0.3 is 15.4 Å². The van der Waals surface area contributed by atoms with Crippen LogP contribution in [0.25, 0.3) is 10.8 Å². The number of rotatable bonds is 5. The number of fused-ring (bicyclic) bond motifs is 1. The van der Waals surface area contributed by atoms with Crippen molar-refractivity contribution in [2.24, 2.45) is 5.92 Å². The highest BCUT2D eigenvalue weighted by atomic mass is 32.1. The summed E-state index contributed by atoms with van der Waals surface area (Å²) >= 11 is 4.02. The molecule has 2 aromatic carbocycles. The Morgan fingerprint density at radius 1 is 1.22 bits per heavy atom. The normalized spacial score (nSPS) is 20.2. The fourth-order valence-electron chi connectivity index (χ4n) is 2.97. The molecule has 27 heavy (non-hydrogen) atoms. The van der Waals surface area contributed by atoms with Crippen LogP contribution in [0.15, 0.2) is 42.5 Å². The average molecular weight is 386 g/mol. The number of hydrogen-bond donors (Lipinski definition) is 3. The van der Waals surface area contributed by atoms with E-state index in [0.29, 0.717) is 24.3 Å². The Morgan fingerprint density at radius 3 is 2.70 bits per heavy atom. The standard InChI is InChI=1S/C20H22N2O4S/c1-12(11-27)19(24)26-20(25)17-9-16(10-21-17)22-18(23)15-7-6-13-4-2-3-5-14(13)8-15/h2-8,12,16-17,21,27H,9-11H2,1H3,(H,22,23)/t12?,16-,17-/m0/s1. The SMILES string of the molecule is CC(CS)C(=O)OC(=O)[C@@H]1C[C@H](NC(=O)c2ccc3ccccc3c2)CN1. The zero-order chi connectivity index (χ0) is 19.4. The van der Waals surface area contributed by atoms with Crippen molar-refractivity contribution in [2.45, 2.75) is 25.4 Å². The van der Waals surface area contributed by atoms with Gasteiger partial charge in [0.2, 0.25) is 0 Å². The molecule has 1 fully saturated rings. The number of hydrogen-bond acceptors (Lipinski definition) is 6. The second-order valence-electron chi connectivity index (χ2n) is 6.75. The highest BCUT2D eigenvalue weighted by molar-refractivity contribution is 7.80. The third kappa shape index (κ3) is 4.67. The van der Waals surface area contributed by atoms with Crippen molar-refractivity contribution in [3.8, 4) is 0 Å². The monoisotopic (exact) mass is 386 g/mol. The lowest BCUT2D eigenvalue weighted by atomic mass is 10.1. The van der Waals surface area contributed by atoms with Gasteiger partial charge in [0.05, 0.1) is 5.92 Å². The predicted octanol–water partition coefficient (Wildman–Crippen LogP) is 1.94. The molecule has 7 heteroatoms. The van der Waals surface area contributed by atoms with Crippen molar-refractivity contribution in [1.29, 1.82) is 0 Å². The molecule has 2 N–H and O–H groups in total. The fourth-order valence-corrected chi connectivity index (χ4v) is 3.12. The van der Waals surface area contributed by atoms with E-state index in [1.807, 2.05) is 36.4 Å². The lowest BCUT2D eigenvalue weighted by molar-refractivity contribution is -0.163. The molecule has 0 radical (unpaired) electrons. The van der Waals surface area contributed by atoms with Crippen molar-refractivity contribution >= 4 is 41.2 Å². The summed E-state index contributed by atoms with van der Waals surface area (Å²) in [5.41, 5.74) is 0.567. The van der Waals surface area contributed by atoms with E-state index in [9.17, 15) is 14.4 Å². The van der Waals surface area contributed by atoms with Gasteiger partial charge >= 0.3 is 11.9 Å². The van der Waals surface area contributed by atoms with E-state index >= 15 is 0 Å². The van der Waals surface area contributed by atoms with Crippen molar-refractivity contribution in [1.82, 2.24) is 10.6 Å². The number of carbonyl (C=O) groups is 3. The van der Waals surface area contributed by atoms with E-state index in [4.69, 9.17) is 4.74 Å². The van der Waals surface area contributed by atoms with Crippen LogP contribution >= 0.6 is 12.6 Å². The first-order chi connectivity index (χ1) is 13.0. The van der Waals surface area contributed by atoms with E-state index in [1.165, 1.54) is 0 Å². The summed E-state index contributed by atoms with van der Waals surface area (Å²) in [6.07, 6.45) is 0.376. The lowest BCUT2D eigenvalue weighted by Crippen LogP contribution is -2.36. The first-order valence-corrected chi connectivity index (χ1v) is 9.50. The molecule has 2 aromatic rings. The summed E-state index contributed by atoms with van der Waals surface area (Å²) in [5, 5.41) is 7.98. The molecule has 1 amide bonds. The third-order valence-corrected chi connectivity index (χ3v) is 5.19. The quantitative estimate of drug-likeness (QED) is 0.415. The second kappa shape index (κ2) is 8.54. The first-order valence-electron chi connectivity index (χ1n) is 8.87. The molecule has 0 bridgehead atoms. The van der Waals surface area contributed by atoms with Gasteiger partial charge in [-0.1, -0.05) is 37.3 Å². The van der Waals surface area contributed by atoms with Gasteiger partial charge in [0.1, 0.15) is 6.04 Å². The van der Waals surface area contributed by atoms with Gasteiger partial charge in [-0.2, -0.15) is 12.6 Å². The molecule has 3 atom stereocenters. The number of thiol groups is 1. The Hall–Kier alpha value is -2.38. The van der Waals surface area contributed by atoms with E-state index in [0.717, 1.165) is 10.8 Å². The lowest BCUT2D eigenvalue weighted by Gasteiger charge is -2.13. The number of carbonyl (C=O) groups excluding carboxylic acids is 3. The van der Waals surface area contributed by atoms with Crippen LogP contribution < -0.4 is 10.6 Å². The van der Waals surface area contributed by atoms with Gasteiger partial charge in [-0.3, -0.25) is 9.59 Å². The van der Waals surface area contributed by atoms with Crippen LogP contribution in [0.3, 0.4) is 0 Å². The van der Waals surface area contributed by atoms with Crippen molar-refractivity contribution in [2.75, 3.05) is 12.3 Å². The molecular formula is C20H22N2O4S. The van der Waals surface area contributed by atoms with E-state index < -0.39 is 23.9 Å². The van der Waals surface area contributed by atoms with Gasteiger partial charge in [0.15, 0.2) is 0 Å². The van der Waals surface area contributed by atoms with E-state index in [2.05, 4.69) is 23.3 Å². The van der Waals surface area contributed by atoms with Crippen LogP contribution in [0.4, 0.5) is 0 Å². The predicted molar refractivity (Wildman–Crippen MR) is 106 cm³/mol. The maximum absolute atomic E-state index is 12.5. The van der Waals surface area contributed by atoms with Crippen LogP contribution in [0, 0.1) is 5.92 Å². The molecule has 0 aromatic heterocycles. The number of ether oxygens (including phenoxy) is 1. The van der Waals surface area contributed by atoms with Crippen LogP contribution in [0.2, 0.25) is 0 Å². The molecule has 0 aliphatic carbocycles. The molecule has 1 unspecified atom stereocenters. The molecule has 1 heterocycles. The summed E-state index contributed by atoms with van der Waals surface area (Å²) < 4.78 is 4.87. The van der Waals surface area contributed by atoms with Gasteiger partial charge in [0, 0.05) is 23.9 Å². The minimum absolute atomic E-state index is 0.193. The number of nitrogens with one attached hydrogen (secondary N) is 2. The van der Waals surface area contributed by atoms with Crippen molar-refractivity contribution in [3.05, 3.63) is 48.0 Å². The number of esters is 2. The zero-order valence-electron chi connectivity index (χ0n) is 15.0. The molecule has 6 nitrogen and oxygen atoms in total. The highest BCUT2D eigenvalue weighted by Crippen LogP contribution is 2.16. The number of amides is 1.